The number of rotatable bonds is 4. The summed E-state index contributed by atoms with van der Waals surface area (Å²) < 4.78 is 0. The lowest BCUT2D eigenvalue weighted by Crippen LogP contribution is -2.37. The standard InChI is InChI=1S/C11H17ClN4/c1-3-16(4-2)11(13)15-8-10-6-5-9(12)7-14-10/h5-7H,3-4,8H2,1-2H3,(H2,13,15). The number of guanidine groups is 1. The van der Waals surface area contributed by atoms with E-state index in [1.807, 2.05) is 24.8 Å². The van der Waals surface area contributed by atoms with E-state index in [9.17, 15) is 0 Å². The highest BCUT2D eigenvalue weighted by Gasteiger charge is 2.01. The van der Waals surface area contributed by atoms with Gasteiger partial charge in [-0.1, -0.05) is 11.6 Å². The van der Waals surface area contributed by atoms with Crippen molar-refractivity contribution in [2.24, 2.45) is 10.7 Å². The van der Waals surface area contributed by atoms with Crippen molar-refractivity contribution >= 4 is 17.6 Å². The first-order chi connectivity index (χ1) is 7.67. The van der Waals surface area contributed by atoms with Gasteiger partial charge in [-0.05, 0) is 26.0 Å². The minimum atomic E-state index is 0.486. The molecule has 16 heavy (non-hydrogen) atoms. The maximum Gasteiger partial charge on any atom is 0.191 e. The summed E-state index contributed by atoms with van der Waals surface area (Å²) in [6.07, 6.45) is 1.61. The number of halogens is 1. The topological polar surface area (TPSA) is 54.5 Å². The summed E-state index contributed by atoms with van der Waals surface area (Å²) in [6.45, 7) is 6.30. The summed E-state index contributed by atoms with van der Waals surface area (Å²) in [5.74, 6) is 0.557. The number of aromatic nitrogens is 1. The van der Waals surface area contributed by atoms with E-state index in [1.165, 1.54) is 0 Å². The van der Waals surface area contributed by atoms with Crippen LogP contribution in [0.4, 0.5) is 0 Å². The Morgan fingerprint density at radius 2 is 2.12 bits per heavy atom. The molecule has 0 spiro atoms. The summed E-state index contributed by atoms with van der Waals surface area (Å²) >= 11 is 5.74. The van der Waals surface area contributed by atoms with Crippen LogP contribution in [0.25, 0.3) is 0 Å². The molecule has 5 heteroatoms. The van der Waals surface area contributed by atoms with Crippen molar-refractivity contribution in [1.29, 1.82) is 0 Å². The van der Waals surface area contributed by atoms with Crippen LogP contribution in [-0.2, 0) is 6.54 Å². The second-order valence-corrected chi connectivity index (χ2v) is 3.75. The number of nitrogens with two attached hydrogens (primary N) is 1. The summed E-state index contributed by atoms with van der Waals surface area (Å²) in [5.41, 5.74) is 6.70. The molecule has 0 aliphatic heterocycles. The van der Waals surface area contributed by atoms with Crippen molar-refractivity contribution in [3.05, 3.63) is 29.0 Å². The second kappa shape index (κ2) is 6.33. The lowest BCUT2D eigenvalue weighted by atomic mass is 10.3. The van der Waals surface area contributed by atoms with E-state index in [0.717, 1.165) is 18.8 Å². The predicted molar refractivity (Wildman–Crippen MR) is 67.5 cm³/mol. The van der Waals surface area contributed by atoms with Crippen molar-refractivity contribution in [2.45, 2.75) is 20.4 Å². The minimum absolute atomic E-state index is 0.486. The van der Waals surface area contributed by atoms with E-state index in [2.05, 4.69) is 9.98 Å². The van der Waals surface area contributed by atoms with Gasteiger partial charge in [-0.25, -0.2) is 4.99 Å². The smallest absolute Gasteiger partial charge is 0.191 e. The largest absolute Gasteiger partial charge is 0.370 e. The summed E-state index contributed by atoms with van der Waals surface area (Å²) in [4.78, 5) is 10.4. The van der Waals surface area contributed by atoms with Crippen LogP contribution in [0.2, 0.25) is 5.02 Å². The Morgan fingerprint density at radius 1 is 1.44 bits per heavy atom. The van der Waals surface area contributed by atoms with E-state index in [0.29, 0.717) is 17.5 Å². The molecule has 2 N–H and O–H groups in total. The molecule has 0 atom stereocenters. The normalized spacial score (nSPS) is 11.6. The van der Waals surface area contributed by atoms with Crippen molar-refractivity contribution < 1.29 is 0 Å². The molecule has 0 saturated heterocycles. The third-order valence-electron chi connectivity index (χ3n) is 2.28. The van der Waals surface area contributed by atoms with Gasteiger partial charge < -0.3 is 10.6 Å². The summed E-state index contributed by atoms with van der Waals surface area (Å²) in [7, 11) is 0. The third kappa shape index (κ3) is 3.70. The van der Waals surface area contributed by atoms with Crippen LogP contribution < -0.4 is 5.73 Å². The van der Waals surface area contributed by atoms with E-state index < -0.39 is 0 Å². The molecule has 4 nitrogen and oxygen atoms in total. The SMILES string of the molecule is CCN(CC)C(N)=NCc1ccc(Cl)cn1. The lowest BCUT2D eigenvalue weighted by Gasteiger charge is -2.19. The van der Waals surface area contributed by atoms with Gasteiger partial charge in [-0.15, -0.1) is 0 Å². The number of hydrogen-bond acceptors (Lipinski definition) is 2. The highest BCUT2D eigenvalue weighted by molar-refractivity contribution is 6.30. The van der Waals surface area contributed by atoms with Crippen LogP contribution in [0.1, 0.15) is 19.5 Å². The Kier molecular flexibility index (Phi) is 5.05. The van der Waals surface area contributed by atoms with Gasteiger partial charge in [0.25, 0.3) is 0 Å². The van der Waals surface area contributed by atoms with E-state index in [1.54, 1.807) is 12.3 Å². The predicted octanol–water partition coefficient (Wildman–Crippen LogP) is 1.89. The van der Waals surface area contributed by atoms with Gasteiger partial charge in [0.2, 0.25) is 0 Å². The van der Waals surface area contributed by atoms with Gasteiger partial charge in [-0.2, -0.15) is 0 Å². The van der Waals surface area contributed by atoms with Crippen molar-refractivity contribution in [3.8, 4) is 0 Å². The van der Waals surface area contributed by atoms with Crippen molar-refractivity contribution in [1.82, 2.24) is 9.88 Å². The number of hydrogen-bond donors (Lipinski definition) is 1. The number of aliphatic imine (C=N–C) groups is 1. The van der Waals surface area contributed by atoms with Crippen LogP contribution in [-0.4, -0.2) is 28.9 Å². The Morgan fingerprint density at radius 3 is 2.62 bits per heavy atom. The molecular formula is C11H17ClN4. The van der Waals surface area contributed by atoms with Crippen LogP contribution in [0.3, 0.4) is 0 Å². The molecular weight excluding hydrogens is 224 g/mol. The average Bonchev–Trinajstić information content (AvgIpc) is 2.30. The Balaban J connectivity index is 2.61. The van der Waals surface area contributed by atoms with Gasteiger partial charge in [0.15, 0.2) is 5.96 Å². The molecule has 0 unspecified atom stereocenters. The molecule has 1 aromatic heterocycles. The molecule has 0 aromatic carbocycles. The van der Waals surface area contributed by atoms with Gasteiger partial charge in [-0.3, -0.25) is 4.98 Å². The minimum Gasteiger partial charge on any atom is -0.370 e. The number of pyridine rings is 1. The maximum atomic E-state index is 5.84. The maximum absolute atomic E-state index is 5.84. The van der Waals surface area contributed by atoms with Gasteiger partial charge in [0, 0.05) is 19.3 Å². The van der Waals surface area contributed by atoms with Crippen LogP contribution in [0.15, 0.2) is 23.3 Å². The summed E-state index contributed by atoms with van der Waals surface area (Å²) in [6, 6.07) is 3.65. The molecule has 0 aliphatic carbocycles. The molecule has 0 fully saturated rings. The second-order valence-electron chi connectivity index (χ2n) is 3.31. The zero-order chi connectivity index (χ0) is 12.0. The molecule has 0 saturated carbocycles. The Labute approximate surface area is 101 Å². The molecule has 88 valence electrons. The van der Waals surface area contributed by atoms with Crippen LogP contribution >= 0.6 is 11.6 Å². The highest BCUT2D eigenvalue weighted by Crippen LogP contribution is 2.06. The fourth-order valence-electron chi connectivity index (χ4n) is 1.31. The summed E-state index contributed by atoms with van der Waals surface area (Å²) in [5, 5.41) is 0.629. The zero-order valence-corrected chi connectivity index (χ0v) is 10.4. The molecule has 1 heterocycles. The molecule has 1 aromatic rings. The third-order valence-corrected chi connectivity index (χ3v) is 2.50. The van der Waals surface area contributed by atoms with Gasteiger partial charge in [0.1, 0.15) is 0 Å². The number of nitrogens with zero attached hydrogens (tertiary/aromatic N) is 3. The van der Waals surface area contributed by atoms with Crippen molar-refractivity contribution in [3.63, 3.8) is 0 Å². The molecule has 0 bridgehead atoms. The fourth-order valence-corrected chi connectivity index (χ4v) is 1.42. The quantitative estimate of drug-likeness (QED) is 0.646. The first-order valence-corrected chi connectivity index (χ1v) is 5.70. The lowest BCUT2D eigenvalue weighted by molar-refractivity contribution is 0.458. The van der Waals surface area contributed by atoms with Crippen molar-refractivity contribution in [2.75, 3.05) is 13.1 Å². The first-order valence-electron chi connectivity index (χ1n) is 5.32. The van der Waals surface area contributed by atoms with E-state index in [4.69, 9.17) is 17.3 Å². The fraction of sp³-hybridized carbons (Fsp3) is 0.455. The molecule has 1 rings (SSSR count). The Bertz CT molecular complexity index is 344. The zero-order valence-electron chi connectivity index (χ0n) is 9.65. The van der Waals surface area contributed by atoms with Crippen LogP contribution in [0, 0.1) is 0 Å². The average molecular weight is 241 g/mol. The monoisotopic (exact) mass is 240 g/mol. The van der Waals surface area contributed by atoms with Gasteiger partial charge >= 0.3 is 0 Å². The Hall–Kier alpha value is -1.29. The first kappa shape index (κ1) is 12.8. The molecule has 0 amide bonds. The van der Waals surface area contributed by atoms with Crippen LogP contribution in [0.5, 0.6) is 0 Å². The molecule has 0 radical (unpaired) electrons. The van der Waals surface area contributed by atoms with Gasteiger partial charge in [0.05, 0.1) is 17.3 Å². The highest BCUT2D eigenvalue weighted by atomic mass is 35.5. The molecule has 0 aliphatic rings. The van der Waals surface area contributed by atoms with E-state index in [-0.39, 0.29) is 0 Å². The van der Waals surface area contributed by atoms with E-state index >= 15 is 0 Å².